The number of aromatic amines is 1. The number of nitrogens with zero attached hydrogens (tertiary/aromatic N) is 3. The summed E-state index contributed by atoms with van der Waals surface area (Å²) in [6.45, 7) is 6.34. The molecule has 0 fully saturated rings. The van der Waals surface area contributed by atoms with Crippen molar-refractivity contribution in [2.24, 2.45) is 0 Å². The second-order valence-electron chi connectivity index (χ2n) is 8.82. The third kappa shape index (κ3) is 4.40. The highest BCUT2D eigenvalue weighted by Gasteiger charge is 2.26. The maximum Gasteiger partial charge on any atom is 0.410 e. The van der Waals surface area contributed by atoms with Gasteiger partial charge in [-0.2, -0.15) is 5.26 Å². The summed E-state index contributed by atoms with van der Waals surface area (Å²) in [7, 11) is 1.52. The third-order valence-corrected chi connectivity index (χ3v) is 5.44. The second kappa shape index (κ2) is 8.58. The summed E-state index contributed by atoms with van der Waals surface area (Å²) in [6, 6.07) is 8.32. The third-order valence-electron chi connectivity index (χ3n) is 5.44. The first-order valence-electron chi connectivity index (χ1n) is 10.6. The fourth-order valence-electron chi connectivity index (χ4n) is 3.97. The molecule has 1 aliphatic rings. The van der Waals surface area contributed by atoms with Crippen LogP contribution >= 0.6 is 0 Å². The summed E-state index contributed by atoms with van der Waals surface area (Å²) in [5.41, 5.74) is 3.17. The molecule has 170 valence electrons. The molecule has 7 nitrogen and oxygen atoms in total. The number of carbonyl (C=O) groups excluding carboxylic acids is 1. The molecule has 0 atom stereocenters. The quantitative estimate of drug-likeness (QED) is 0.589. The van der Waals surface area contributed by atoms with E-state index >= 15 is 0 Å². The Morgan fingerprint density at radius 2 is 2.06 bits per heavy atom. The summed E-state index contributed by atoms with van der Waals surface area (Å²) < 4.78 is 24.9. The van der Waals surface area contributed by atoms with Crippen LogP contribution in [0.5, 0.6) is 5.75 Å². The molecule has 1 amide bonds. The van der Waals surface area contributed by atoms with Gasteiger partial charge in [-0.05, 0) is 62.6 Å². The number of halogens is 1. The largest absolute Gasteiger partial charge is 0.496 e. The Labute approximate surface area is 191 Å². The lowest BCUT2D eigenvalue weighted by molar-refractivity contribution is 0.0270. The Morgan fingerprint density at radius 3 is 2.70 bits per heavy atom. The predicted molar refractivity (Wildman–Crippen MR) is 123 cm³/mol. The Hall–Kier alpha value is -3.86. The van der Waals surface area contributed by atoms with E-state index in [-0.39, 0.29) is 6.09 Å². The number of nitrogens with one attached hydrogen (secondary N) is 1. The predicted octanol–water partition coefficient (Wildman–Crippen LogP) is 5.27. The first-order chi connectivity index (χ1) is 15.7. The van der Waals surface area contributed by atoms with Crippen LogP contribution in [-0.4, -0.2) is 46.8 Å². The summed E-state index contributed by atoms with van der Waals surface area (Å²) in [5.74, 6) is 0.0997. The van der Waals surface area contributed by atoms with E-state index in [1.807, 2.05) is 26.8 Å². The maximum absolute atomic E-state index is 14.1. The van der Waals surface area contributed by atoms with Crippen LogP contribution in [0.15, 0.2) is 36.5 Å². The molecule has 3 heterocycles. The fraction of sp³-hybridized carbons (Fsp3) is 0.320. The summed E-state index contributed by atoms with van der Waals surface area (Å²) in [4.78, 5) is 21.7. The van der Waals surface area contributed by atoms with E-state index < -0.39 is 11.4 Å². The van der Waals surface area contributed by atoms with E-state index in [1.54, 1.807) is 23.2 Å². The molecule has 1 aromatic carbocycles. The van der Waals surface area contributed by atoms with E-state index in [0.29, 0.717) is 58.7 Å². The summed E-state index contributed by atoms with van der Waals surface area (Å²) in [6.07, 6.45) is 3.72. The van der Waals surface area contributed by atoms with Gasteiger partial charge in [-0.15, -0.1) is 0 Å². The zero-order valence-corrected chi connectivity index (χ0v) is 19.0. The molecule has 33 heavy (non-hydrogen) atoms. The number of methoxy groups -OCH3 is 1. The highest BCUT2D eigenvalue weighted by atomic mass is 19.1. The number of fused-ring (bicyclic) bond motifs is 1. The number of H-pyrrole nitrogens is 1. The SMILES string of the molecule is COc1ccc(F)cc1-c1ccnc2[nH]c(C3=CCN(C(=O)OC(C)(C)C)CC3)c(C#N)c12. The van der Waals surface area contributed by atoms with Gasteiger partial charge in [-0.3, -0.25) is 0 Å². The Morgan fingerprint density at radius 1 is 1.27 bits per heavy atom. The molecule has 0 aliphatic carbocycles. The lowest BCUT2D eigenvalue weighted by atomic mass is 9.97. The number of pyridine rings is 1. The van der Waals surface area contributed by atoms with Crippen molar-refractivity contribution in [2.45, 2.75) is 32.8 Å². The smallest absolute Gasteiger partial charge is 0.410 e. The van der Waals surface area contributed by atoms with Crippen LogP contribution in [-0.2, 0) is 4.74 Å². The molecule has 3 aromatic rings. The molecule has 1 N–H and O–H groups in total. The van der Waals surface area contributed by atoms with Crippen LogP contribution in [0.2, 0.25) is 0 Å². The second-order valence-corrected chi connectivity index (χ2v) is 8.82. The van der Waals surface area contributed by atoms with Gasteiger partial charge in [0, 0.05) is 30.2 Å². The van der Waals surface area contributed by atoms with Crippen molar-refractivity contribution in [2.75, 3.05) is 20.2 Å². The molecular formula is C25H25FN4O3. The first kappa shape index (κ1) is 22.3. The zero-order valence-electron chi connectivity index (χ0n) is 19.0. The van der Waals surface area contributed by atoms with Gasteiger partial charge in [0.2, 0.25) is 0 Å². The van der Waals surface area contributed by atoms with Gasteiger partial charge < -0.3 is 19.4 Å². The number of rotatable bonds is 3. The van der Waals surface area contributed by atoms with Crippen molar-refractivity contribution in [1.29, 1.82) is 5.26 Å². The maximum atomic E-state index is 14.1. The zero-order chi connectivity index (χ0) is 23.8. The molecular weight excluding hydrogens is 423 g/mol. The Kier molecular flexibility index (Phi) is 5.81. The number of carbonyl (C=O) groups is 1. The van der Waals surface area contributed by atoms with Crippen LogP contribution in [0.25, 0.3) is 27.7 Å². The van der Waals surface area contributed by atoms with Crippen molar-refractivity contribution < 1.29 is 18.7 Å². The van der Waals surface area contributed by atoms with Gasteiger partial charge in [0.25, 0.3) is 0 Å². The minimum absolute atomic E-state index is 0.364. The molecule has 0 unspecified atom stereocenters. The van der Waals surface area contributed by atoms with Crippen LogP contribution in [0.1, 0.15) is 38.4 Å². The highest BCUT2D eigenvalue weighted by Crippen LogP contribution is 2.39. The Bertz CT molecular complexity index is 1300. The lowest BCUT2D eigenvalue weighted by Gasteiger charge is -2.29. The highest BCUT2D eigenvalue weighted by molar-refractivity contribution is 6.01. The molecule has 0 saturated carbocycles. The van der Waals surface area contributed by atoms with Crippen molar-refractivity contribution in [1.82, 2.24) is 14.9 Å². The normalized spacial score (nSPS) is 14.1. The van der Waals surface area contributed by atoms with Crippen molar-refractivity contribution in [3.05, 3.63) is 53.6 Å². The molecule has 2 aromatic heterocycles. The van der Waals surface area contributed by atoms with Crippen molar-refractivity contribution in [3.8, 4) is 22.9 Å². The van der Waals surface area contributed by atoms with Crippen LogP contribution < -0.4 is 4.74 Å². The van der Waals surface area contributed by atoms with E-state index in [2.05, 4.69) is 16.0 Å². The molecule has 0 bridgehead atoms. The van der Waals surface area contributed by atoms with Gasteiger partial charge in [0.05, 0.1) is 18.4 Å². The van der Waals surface area contributed by atoms with Gasteiger partial charge in [-0.1, -0.05) is 6.08 Å². The minimum atomic E-state index is -0.563. The van der Waals surface area contributed by atoms with E-state index in [4.69, 9.17) is 9.47 Å². The first-order valence-corrected chi connectivity index (χ1v) is 10.6. The average Bonchev–Trinajstić information content (AvgIpc) is 3.17. The summed E-state index contributed by atoms with van der Waals surface area (Å²) in [5, 5.41) is 10.6. The lowest BCUT2D eigenvalue weighted by Crippen LogP contribution is -2.39. The monoisotopic (exact) mass is 448 g/mol. The molecule has 1 aliphatic heterocycles. The van der Waals surface area contributed by atoms with Crippen LogP contribution in [0.3, 0.4) is 0 Å². The Balaban J connectivity index is 1.75. The topological polar surface area (TPSA) is 91.2 Å². The molecule has 8 heteroatoms. The number of hydrogen-bond donors (Lipinski definition) is 1. The van der Waals surface area contributed by atoms with Gasteiger partial charge in [0.15, 0.2) is 0 Å². The number of benzene rings is 1. The standard InChI is InChI=1S/C25H25FN4O3/c1-25(2,3)33-24(31)30-11-8-15(9-12-30)22-19(14-27)21-17(7-10-28-23(21)29-22)18-13-16(26)5-6-20(18)32-4/h5-8,10,13H,9,11-12H2,1-4H3,(H,28,29). The van der Waals surface area contributed by atoms with Gasteiger partial charge in [-0.25, -0.2) is 14.2 Å². The number of ether oxygens (including phenoxy) is 2. The van der Waals surface area contributed by atoms with E-state index in [9.17, 15) is 14.4 Å². The number of nitriles is 1. The van der Waals surface area contributed by atoms with Crippen molar-refractivity contribution >= 4 is 22.7 Å². The number of aromatic nitrogens is 2. The molecule has 4 rings (SSSR count). The molecule has 0 saturated heterocycles. The van der Waals surface area contributed by atoms with Gasteiger partial charge >= 0.3 is 6.09 Å². The van der Waals surface area contributed by atoms with Crippen LogP contribution in [0.4, 0.5) is 9.18 Å². The minimum Gasteiger partial charge on any atom is -0.496 e. The van der Waals surface area contributed by atoms with E-state index in [1.165, 1.54) is 19.2 Å². The van der Waals surface area contributed by atoms with Gasteiger partial charge in [0.1, 0.15) is 28.9 Å². The molecule has 0 spiro atoms. The van der Waals surface area contributed by atoms with E-state index in [0.717, 1.165) is 5.57 Å². The van der Waals surface area contributed by atoms with Crippen LogP contribution in [0, 0.1) is 17.1 Å². The number of amides is 1. The van der Waals surface area contributed by atoms with Crippen molar-refractivity contribution in [3.63, 3.8) is 0 Å². The number of hydrogen-bond acceptors (Lipinski definition) is 5. The summed E-state index contributed by atoms with van der Waals surface area (Å²) >= 11 is 0. The fourth-order valence-corrected chi connectivity index (χ4v) is 3.97. The molecule has 0 radical (unpaired) electrons. The average molecular weight is 448 g/mol.